The van der Waals surface area contributed by atoms with Gasteiger partial charge in [0.05, 0.1) is 25.9 Å². The van der Waals surface area contributed by atoms with Gasteiger partial charge in [0.25, 0.3) is 0 Å². The lowest BCUT2D eigenvalue weighted by atomic mass is 10.1. The van der Waals surface area contributed by atoms with E-state index in [0.717, 1.165) is 19.3 Å². The molecule has 0 amide bonds. The van der Waals surface area contributed by atoms with Gasteiger partial charge in [0.2, 0.25) is 0 Å². The highest BCUT2D eigenvalue weighted by Crippen LogP contribution is 2.18. The zero-order chi connectivity index (χ0) is 13.5. The molecular weight excluding hydrogens is 234 g/mol. The molecule has 1 aliphatic rings. The lowest BCUT2D eigenvalue weighted by Crippen LogP contribution is -2.54. The van der Waals surface area contributed by atoms with E-state index in [-0.39, 0.29) is 30.8 Å². The average molecular weight is 259 g/mol. The second kappa shape index (κ2) is 7.71. The van der Waals surface area contributed by atoms with Crippen LogP contribution in [0.3, 0.4) is 0 Å². The molecule has 3 unspecified atom stereocenters. The first kappa shape index (κ1) is 15.4. The van der Waals surface area contributed by atoms with Crippen LogP contribution in [0, 0.1) is 0 Å². The van der Waals surface area contributed by atoms with Gasteiger partial charge in [-0.3, -0.25) is 9.69 Å². The van der Waals surface area contributed by atoms with Gasteiger partial charge in [0.1, 0.15) is 6.04 Å². The van der Waals surface area contributed by atoms with Crippen LogP contribution in [-0.4, -0.2) is 61.0 Å². The smallest absolute Gasteiger partial charge is 0.323 e. The largest absolute Gasteiger partial charge is 0.468 e. The second-order valence-corrected chi connectivity index (χ2v) is 4.89. The SMILES string of the molecule is CCCCC(C(=O)OC)N1CC(C)OC(CO)C1. The summed E-state index contributed by atoms with van der Waals surface area (Å²) in [6.07, 6.45) is 2.67. The van der Waals surface area contributed by atoms with Crippen LogP contribution in [0.1, 0.15) is 33.1 Å². The molecule has 1 N–H and O–H groups in total. The molecule has 0 radical (unpaired) electrons. The number of aliphatic hydroxyl groups is 1. The van der Waals surface area contributed by atoms with Gasteiger partial charge in [0.15, 0.2) is 0 Å². The Morgan fingerprint density at radius 3 is 2.83 bits per heavy atom. The number of methoxy groups -OCH3 is 1. The van der Waals surface area contributed by atoms with Crippen molar-refractivity contribution in [2.24, 2.45) is 0 Å². The van der Waals surface area contributed by atoms with Crippen LogP contribution in [0.5, 0.6) is 0 Å². The van der Waals surface area contributed by atoms with Gasteiger partial charge in [-0.2, -0.15) is 0 Å². The van der Waals surface area contributed by atoms with Crippen molar-refractivity contribution in [3.05, 3.63) is 0 Å². The molecule has 0 aromatic rings. The molecule has 5 heteroatoms. The number of rotatable bonds is 6. The summed E-state index contributed by atoms with van der Waals surface area (Å²) in [6.45, 7) is 5.35. The van der Waals surface area contributed by atoms with Crippen LogP contribution in [-0.2, 0) is 14.3 Å². The Balaban J connectivity index is 2.67. The van der Waals surface area contributed by atoms with Gasteiger partial charge in [-0.15, -0.1) is 0 Å². The minimum Gasteiger partial charge on any atom is -0.468 e. The number of unbranched alkanes of at least 4 members (excludes halogenated alkanes) is 1. The van der Waals surface area contributed by atoms with Gasteiger partial charge in [0, 0.05) is 13.1 Å². The molecule has 1 aliphatic heterocycles. The number of ether oxygens (including phenoxy) is 2. The van der Waals surface area contributed by atoms with E-state index in [9.17, 15) is 9.90 Å². The van der Waals surface area contributed by atoms with Crippen LogP contribution in [0.4, 0.5) is 0 Å². The third-order valence-electron chi connectivity index (χ3n) is 3.30. The summed E-state index contributed by atoms with van der Waals surface area (Å²) in [4.78, 5) is 13.9. The van der Waals surface area contributed by atoms with Gasteiger partial charge in [-0.05, 0) is 13.3 Å². The van der Waals surface area contributed by atoms with Crippen LogP contribution >= 0.6 is 0 Å². The topological polar surface area (TPSA) is 59.0 Å². The average Bonchev–Trinajstić information content (AvgIpc) is 2.38. The second-order valence-electron chi connectivity index (χ2n) is 4.89. The molecular formula is C13H25NO4. The predicted octanol–water partition coefficient (Wildman–Crippen LogP) is 0.800. The van der Waals surface area contributed by atoms with E-state index in [1.54, 1.807) is 0 Å². The highest BCUT2D eigenvalue weighted by molar-refractivity contribution is 5.75. The van der Waals surface area contributed by atoms with E-state index >= 15 is 0 Å². The van der Waals surface area contributed by atoms with Crippen molar-refractivity contribution in [2.75, 3.05) is 26.8 Å². The number of carbonyl (C=O) groups is 1. The van der Waals surface area contributed by atoms with Crippen molar-refractivity contribution in [3.63, 3.8) is 0 Å². The number of morpholine rings is 1. The molecule has 3 atom stereocenters. The fraction of sp³-hybridized carbons (Fsp3) is 0.923. The Morgan fingerprint density at radius 2 is 2.28 bits per heavy atom. The standard InChI is InChI=1S/C13H25NO4/c1-4-5-6-12(13(16)17-3)14-7-10(2)18-11(8-14)9-15/h10-12,15H,4-9H2,1-3H3. The maximum atomic E-state index is 11.9. The fourth-order valence-corrected chi connectivity index (χ4v) is 2.42. The van der Waals surface area contributed by atoms with Crippen molar-refractivity contribution in [2.45, 2.75) is 51.4 Å². The monoisotopic (exact) mass is 259 g/mol. The molecule has 5 nitrogen and oxygen atoms in total. The lowest BCUT2D eigenvalue weighted by Gasteiger charge is -2.39. The Kier molecular flexibility index (Phi) is 6.60. The summed E-state index contributed by atoms with van der Waals surface area (Å²) >= 11 is 0. The van der Waals surface area contributed by atoms with Gasteiger partial charge in [-0.25, -0.2) is 0 Å². The summed E-state index contributed by atoms with van der Waals surface area (Å²) in [5, 5.41) is 9.21. The summed E-state index contributed by atoms with van der Waals surface area (Å²) in [6, 6.07) is -0.213. The zero-order valence-corrected chi connectivity index (χ0v) is 11.6. The molecule has 0 aliphatic carbocycles. The van der Waals surface area contributed by atoms with E-state index in [1.165, 1.54) is 7.11 Å². The quantitative estimate of drug-likeness (QED) is 0.715. The number of hydrogen-bond donors (Lipinski definition) is 1. The van der Waals surface area contributed by atoms with Crippen molar-refractivity contribution in [1.29, 1.82) is 0 Å². The number of esters is 1. The van der Waals surface area contributed by atoms with Crippen molar-refractivity contribution < 1.29 is 19.4 Å². The molecule has 106 valence electrons. The van der Waals surface area contributed by atoms with E-state index < -0.39 is 0 Å². The third-order valence-corrected chi connectivity index (χ3v) is 3.30. The molecule has 0 aromatic carbocycles. The number of aliphatic hydroxyl groups excluding tert-OH is 1. The van der Waals surface area contributed by atoms with E-state index in [1.807, 2.05) is 6.92 Å². The van der Waals surface area contributed by atoms with Crippen molar-refractivity contribution >= 4 is 5.97 Å². The van der Waals surface area contributed by atoms with Crippen LogP contribution < -0.4 is 0 Å². The van der Waals surface area contributed by atoms with E-state index in [2.05, 4.69) is 11.8 Å². The number of carbonyl (C=O) groups excluding carboxylic acids is 1. The molecule has 1 fully saturated rings. The molecule has 1 saturated heterocycles. The van der Waals surface area contributed by atoms with Crippen LogP contribution in [0.15, 0.2) is 0 Å². The summed E-state index contributed by atoms with van der Waals surface area (Å²) < 4.78 is 10.5. The molecule has 1 rings (SSSR count). The maximum Gasteiger partial charge on any atom is 0.323 e. The Morgan fingerprint density at radius 1 is 1.56 bits per heavy atom. The molecule has 18 heavy (non-hydrogen) atoms. The Hall–Kier alpha value is -0.650. The first-order chi connectivity index (χ1) is 8.62. The summed E-state index contributed by atoms with van der Waals surface area (Å²) in [7, 11) is 1.43. The minimum absolute atomic E-state index is 0.0114. The van der Waals surface area contributed by atoms with Crippen LogP contribution in [0.2, 0.25) is 0 Å². The Bertz CT molecular complexity index is 259. The third kappa shape index (κ3) is 4.23. The van der Waals surface area contributed by atoms with Crippen molar-refractivity contribution in [1.82, 2.24) is 4.90 Å². The normalized spacial score (nSPS) is 26.9. The fourth-order valence-electron chi connectivity index (χ4n) is 2.42. The molecule has 0 saturated carbocycles. The van der Waals surface area contributed by atoms with Gasteiger partial charge in [-0.1, -0.05) is 19.8 Å². The summed E-state index contributed by atoms with van der Waals surface area (Å²) in [5.41, 5.74) is 0. The molecule has 0 bridgehead atoms. The number of nitrogens with zero attached hydrogens (tertiary/aromatic N) is 1. The first-order valence-corrected chi connectivity index (χ1v) is 6.70. The molecule has 0 spiro atoms. The first-order valence-electron chi connectivity index (χ1n) is 6.70. The zero-order valence-electron chi connectivity index (χ0n) is 11.6. The van der Waals surface area contributed by atoms with E-state index in [0.29, 0.717) is 13.1 Å². The highest BCUT2D eigenvalue weighted by atomic mass is 16.5. The molecule has 0 aromatic heterocycles. The molecule has 1 heterocycles. The Labute approximate surface area is 109 Å². The maximum absolute atomic E-state index is 11.9. The predicted molar refractivity (Wildman–Crippen MR) is 68.3 cm³/mol. The minimum atomic E-state index is -0.213. The number of hydrogen-bond acceptors (Lipinski definition) is 5. The van der Waals surface area contributed by atoms with Gasteiger partial charge >= 0.3 is 5.97 Å². The summed E-state index contributed by atoms with van der Waals surface area (Å²) in [5.74, 6) is -0.186. The van der Waals surface area contributed by atoms with Crippen molar-refractivity contribution in [3.8, 4) is 0 Å². The van der Waals surface area contributed by atoms with Crippen LogP contribution in [0.25, 0.3) is 0 Å². The lowest BCUT2D eigenvalue weighted by molar-refractivity contribution is -0.155. The van der Waals surface area contributed by atoms with Gasteiger partial charge < -0.3 is 14.6 Å². The van der Waals surface area contributed by atoms with E-state index in [4.69, 9.17) is 9.47 Å². The highest BCUT2D eigenvalue weighted by Gasteiger charge is 2.33.